The molecule has 0 aliphatic heterocycles. The summed E-state index contributed by atoms with van der Waals surface area (Å²) >= 11 is 11.9. The molecule has 0 heterocycles. The first-order valence-corrected chi connectivity index (χ1v) is 11.4. The lowest BCUT2D eigenvalue weighted by Gasteiger charge is -2.46. The van der Waals surface area contributed by atoms with Crippen molar-refractivity contribution in [3.8, 4) is 0 Å². The fraction of sp³-hybridized carbons (Fsp3) is 0.440. The van der Waals surface area contributed by atoms with Gasteiger partial charge in [-0.3, -0.25) is 4.79 Å². The van der Waals surface area contributed by atoms with Crippen molar-refractivity contribution in [2.45, 2.75) is 47.1 Å². The number of amides is 1. The van der Waals surface area contributed by atoms with Crippen molar-refractivity contribution in [2.24, 2.45) is 17.3 Å². The summed E-state index contributed by atoms with van der Waals surface area (Å²) in [7, 11) is 0. The zero-order chi connectivity index (χ0) is 23.2. The predicted octanol–water partition coefficient (Wildman–Crippen LogP) is 6.66. The summed E-state index contributed by atoms with van der Waals surface area (Å²) in [6, 6.07) is 13.4. The van der Waals surface area contributed by atoms with Crippen molar-refractivity contribution in [3.63, 3.8) is 0 Å². The van der Waals surface area contributed by atoms with E-state index in [1.54, 1.807) is 48.5 Å². The second kappa shape index (κ2) is 11.0. The van der Waals surface area contributed by atoms with Gasteiger partial charge in [0.1, 0.15) is 6.10 Å². The molecule has 0 aromatic heterocycles. The maximum Gasteiger partial charge on any atom is 0.338 e. The Morgan fingerprint density at radius 2 is 1.32 bits per heavy atom. The summed E-state index contributed by atoms with van der Waals surface area (Å²) in [6.45, 7) is 10.8. The van der Waals surface area contributed by atoms with E-state index in [9.17, 15) is 9.59 Å². The Hall–Kier alpha value is -2.04. The fourth-order valence-corrected chi connectivity index (χ4v) is 4.48. The number of hydrogen-bond donors (Lipinski definition) is 1. The van der Waals surface area contributed by atoms with Crippen molar-refractivity contribution < 1.29 is 14.3 Å². The van der Waals surface area contributed by atoms with Crippen LogP contribution in [-0.4, -0.2) is 24.5 Å². The monoisotopic (exact) mass is 463 g/mol. The van der Waals surface area contributed by atoms with Crippen LogP contribution in [-0.2, 0) is 4.74 Å². The third kappa shape index (κ3) is 6.02. The first-order chi connectivity index (χ1) is 14.6. The summed E-state index contributed by atoms with van der Waals surface area (Å²) in [6.07, 6.45) is 0.258. The van der Waals surface area contributed by atoms with Crippen molar-refractivity contribution >= 4 is 35.1 Å². The van der Waals surface area contributed by atoms with Crippen molar-refractivity contribution in [3.05, 3.63) is 69.7 Å². The second-order valence-corrected chi connectivity index (χ2v) is 9.29. The van der Waals surface area contributed by atoms with Crippen LogP contribution in [0.5, 0.6) is 0 Å². The van der Waals surface area contributed by atoms with Crippen LogP contribution < -0.4 is 5.32 Å². The zero-order valence-electron chi connectivity index (χ0n) is 18.7. The van der Waals surface area contributed by atoms with Crippen molar-refractivity contribution in [1.82, 2.24) is 5.32 Å². The van der Waals surface area contributed by atoms with E-state index in [4.69, 9.17) is 27.9 Å². The van der Waals surface area contributed by atoms with E-state index in [1.807, 2.05) is 6.92 Å². The first kappa shape index (κ1) is 25.2. The highest BCUT2D eigenvalue weighted by atomic mass is 35.5. The first-order valence-electron chi connectivity index (χ1n) is 10.6. The summed E-state index contributed by atoms with van der Waals surface area (Å²) in [5, 5.41) is 4.21. The number of rotatable bonds is 9. The Balaban J connectivity index is 2.26. The molecule has 0 aliphatic rings. The van der Waals surface area contributed by atoms with Crippen molar-refractivity contribution in [1.29, 1.82) is 0 Å². The van der Waals surface area contributed by atoms with Crippen LogP contribution >= 0.6 is 23.2 Å². The number of carbonyl (C=O) groups excluding carboxylic acids is 2. The summed E-state index contributed by atoms with van der Waals surface area (Å²) in [5.41, 5.74) is 0.547. The molecule has 1 N–H and O–H groups in total. The lowest BCUT2D eigenvalue weighted by Crippen LogP contribution is -2.53. The van der Waals surface area contributed by atoms with Gasteiger partial charge in [-0.1, -0.05) is 57.8 Å². The van der Waals surface area contributed by atoms with Gasteiger partial charge in [0.2, 0.25) is 0 Å². The molecule has 31 heavy (non-hydrogen) atoms. The SMILES string of the molecule is CCC(OC(=O)c1ccc(Cl)cc1)C(CNC(=O)c1ccc(Cl)cc1)(C(C)C)C(C)C. The average molecular weight is 464 g/mol. The molecule has 6 heteroatoms. The van der Waals surface area contributed by atoms with E-state index in [2.05, 4.69) is 33.0 Å². The third-order valence-corrected chi connectivity index (χ3v) is 6.61. The molecular weight excluding hydrogens is 433 g/mol. The van der Waals surface area contributed by atoms with Crippen LogP contribution in [0.15, 0.2) is 48.5 Å². The molecular formula is C25H31Cl2NO3. The number of halogens is 2. The Morgan fingerprint density at radius 1 is 0.871 bits per heavy atom. The Morgan fingerprint density at radius 3 is 1.74 bits per heavy atom. The van der Waals surface area contributed by atoms with Gasteiger partial charge in [-0.05, 0) is 66.8 Å². The lowest BCUT2D eigenvalue weighted by atomic mass is 9.64. The molecule has 0 radical (unpaired) electrons. The lowest BCUT2D eigenvalue weighted by molar-refractivity contribution is -0.0632. The molecule has 2 aromatic rings. The van der Waals surface area contributed by atoms with E-state index < -0.39 is 11.4 Å². The van der Waals surface area contributed by atoms with E-state index in [-0.39, 0.29) is 23.8 Å². The second-order valence-electron chi connectivity index (χ2n) is 8.42. The number of esters is 1. The normalized spacial score (nSPS) is 12.7. The average Bonchev–Trinajstić information content (AvgIpc) is 2.73. The maximum absolute atomic E-state index is 12.8. The summed E-state index contributed by atoms with van der Waals surface area (Å²) in [5.74, 6) is -0.263. The zero-order valence-corrected chi connectivity index (χ0v) is 20.3. The summed E-state index contributed by atoms with van der Waals surface area (Å²) in [4.78, 5) is 25.6. The minimum Gasteiger partial charge on any atom is -0.458 e. The van der Waals surface area contributed by atoms with Gasteiger partial charge in [-0.15, -0.1) is 0 Å². The molecule has 0 aliphatic carbocycles. The minimum atomic E-state index is -0.446. The van der Waals surface area contributed by atoms with Gasteiger partial charge >= 0.3 is 5.97 Å². The van der Waals surface area contributed by atoms with Gasteiger partial charge in [-0.25, -0.2) is 4.79 Å². The Bertz CT molecular complexity index is 869. The molecule has 2 rings (SSSR count). The number of ether oxygens (including phenoxy) is 1. The highest BCUT2D eigenvalue weighted by molar-refractivity contribution is 6.31. The quantitative estimate of drug-likeness (QED) is 0.423. The molecule has 0 saturated heterocycles. The molecule has 1 atom stereocenters. The molecule has 0 spiro atoms. The molecule has 1 unspecified atom stereocenters. The molecule has 168 valence electrons. The summed E-state index contributed by atoms with van der Waals surface area (Å²) < 4.78 is 6.02. The van der Waals surface area contributed by atoms with Gasteiger partial charge in [0.05, 0.1) is 5.56 Å². The van der Waals surface area contributed by atoms with Crippen LogP contribution in [0, 0.1) is 17.3 Å². The highest BCUT2D eigenvalue weighted by Gasteiger charge is 2.46. The molecule has 0 saturated carbocycles. The largest absolute Gasteiger partial charge is 0.458 e. The van der Waals surface area contributed by atoms with Crippen LogP contribution in [0.4, 0.5) is 0 Å². The molecule has 0 bridgehead atoms. The highest BCUT2D eigenvalue weighted by Crippen LogP contribution is 2.42. The molecule has 0 fully saturated rings. The number of hydrogen-bond acceptors (Lipinski definition) is 3. The minimum absolute atomic E-state index is 0.154. The fourth-order valence-electron chi connectivity index (χ4n) is 4.23. The van der Waals surface area contributed by atoms with E-state index in [0.29, 0.717) is 34.1 Å². The maximum atomic E-state index is 12.8. The number of nitrogens with one attached hydrogen (secondary N) is 1. The molecule has 2 aromatic carbocycles. The number of carbonyl (C=O) groups is 2. The Kier molecular flexibility index (Phi) is 8.96. The standard InChI is InChI=1S/C25H31Cl2NO3/c1-6-22(31-24(30)19-9-13-21(27)14-10-19)25(16(2)3,17(4)5)15-28-23(29)18-7-11-20(26)12-8-18/h7-14,16-17,22H,6,15H2,1-5H3,(H,28,29). The van der Waals surface area contributed by atoms with Gasteiger partial charge in [0, 0.05) is 27.6 Å². The van der Waals surface area contributed by atoms with E-state index in [1.165, 1.54) is 0 Å². The van der Waals surface area contributed by atoms with Gasteiger partial charge in [-0.2, -0.15) is 0 Å². The van der Waals surface area contributed by atoms with Crippen LogP contribution in [0.3, 0.4) is 0 Å². The third-order valence-electron chi connectivity index (χ3n) is 6.11. The molecule has 4 nitrogen and oxygen atoms in total. The molecule has 1 amide bonds. The number of benzene rings is 2. The Labute approximate surface area is 195 Å². The predicted molar refractivity (Wildman–Crippen MR) is 127 cm³/mol. The smallest absolute Gasteiger partial charge is 0.338 e. The van der Waals surface area contributed by atoms with Crippen LogP contribution in [0.25, 0.3) is 0 Å². The van der Waals surface area contributed by atoms with Gasteiger partial charge in [0.15, 0.2) is 0 Å². The van der Waals surface area contributed by atoms with Gasteiger partial charge < -0.3 is 10.1 Å². The van der Waals surface area contributed by atoms with E-state index >= 15 is 0 Å². The van der Waals surface area contributed by atoms with Gasteiger partial charge in [0.25, 0.3) is 5.91 Å². The van der Waals surface area contributed by atoms with E-state index in [0.717, 1.165) is 0 Å². The van der Waals surface area contributed by atoms with Crippen LogP contribution in [0.1, 0.15) is 61.8 Å². The van der Waals surface area contributed by atoms with Crippen molar-refractivity contribution in [2.75, 3.05) is 6.54 Å². The van der Waals surface area contributed by atoms with Crippen LogP contribution in [0.2, 0.25) is 10.0 Å². The topological polar surface area (TPSA) is 55.4 Å².